The van der Waals surface area contributed by atoms with Crippen molar-refractivity contribution in [3.05, 3.63) is 65.2 Å². The average molecular weight is 398 g/mol. The molecule has 7 nitrogen and oxygen atoms in total. The third-order valence-electron chi connectivity index (χ3n) is 4.01. The smallest absolute Gasteiger partial charge is 0.303 e. The summed E-state index contributed by atoms with van der Waals surface area (Å²) in [6.45, 7) is 4.47. The van der Waals surface area contributed by atoms with Crippen molar-refractivity contribution < 1.29 is 24.2 Å². The lowest BCUT2D eigenvalue weighted by Gasteiger charge is -2.10. The van der Waals surface area contributed by atoms with Gasteiger partial charge in [-0.25, -0.2) is 0 Å². The number of hydrogen-bond donors (Lipinski definition) is 3. The summed E-state index contributed by atoms with van der Waals surface area (Å²) < 4.78 is 5.48. The van der Waals surface area contributed by atoms with E-state index in [9.17, 15) is 14.4 Å². The van der Waals surface area contributed by atoms with Crippen molar-refractivity contribution in [2.24, 2.45) is 0 Å². The molecule has 154 valence electrons. The van der Waals surface area contributed by atoms with E-state index in [0.717, 1.165) is 5.56 Å². The summed E-state index contributed by atoms with van der Waals surface area (Å²) >= 11 is 0. The molecule has 0 aliphatic rings. The van der Waals surface area contributed by atoms with Gasteiger partial charge >= 0.3 is 5.97 Å². The van der Waals surface area contributed by atoms with Crippen LogP contribution in [0.2, 0.25) is 0 Å². The van der Waals surface area contributed by atoms with Gasteiger partial charge in [0, 0.05) is 30.1 Å². The summed E-state index contributed by atoms with van der Waals surface area (Å²) in [6.07, 6.45) is 0.526. The van der Waals surface area contributed by atoms with Crippen molar-refractivity contribution in [2.75, 3.05) is 6.61 Å². The van der Waals surface area contributed by atoms with Gasteiger partial charge in [-0.3, -0.25) is 14.4 Å². The first-order valence-corrected chi connectivity index (χ1v) is 9.48. The van der Waals surface area contributed by atoms with Crippen LogP contribution in [0.4, 0.5) is 0 Å². The van der Waals surface area contributed by atoms with Gasteiger partial charge in [-0.2, -0.15) is 0 Å². The van der Waals surface area contributed by atoms with Crippen LogP contribution in [-0.4, -0.2) is 35.5 Å². The van der Waals surface area contributed by atoms with Crippen LogP contribution >= 0.6 is 0 Å². The fourth-order valence-corrected chi connectivity index (χ4v) is 2.52. The van der Waals surface area contributed by atoms with Gasteiger partial charge in [0.05, 0.1) is 6.61 Å². The number of nitrogens with one attached hydrogen (secondary N) is 2. The Morgan fingerprint density at radius 3 is 2.07 bits per heavy atom. The highest BCUT2D eigenvalue weighted by atomic mass is 16.5. The molecule has 0 spiro atoms. The van der Waals surface area contributed by atoms with E-state index in [2.05, 4.69) is 10.6 Å². The second-order valence-electron chi connectivity index (χ2n) is 6.88. The molecule has 2 rings (SSSR count). The maximum Gasteiger partial charge on any atom is 0.303 e. The van der Waals surface area contributed by atoms with Crippen LogP contribution in [0.15, 0.2) is 48.5 Å². The monoisotopic (exact) mass is 398 g/mol. The van der Waals surface area contributed by atoms with E-state index in [1.165, 1.54) is 0 Å². The average Bonchev–Trinajstić information content (AvgIpc) is 2.69. The van der Waals surface area contributed by atoms with Crippen LogP contribution in [0.3, 0.4) is 0 Å². The molecule has 2 amide bonds. The SMILES string of the molecule is CC(C)NC(=O)c1ccc(C(=O)NCc2ccc(OCCCC(=O)O)cc2)cc1. The lowest BCUT2D eigenvalue weighted by molar-refractivity contribution is -0.137. The minimum Gasteiger partial charge on any atom is -0.494 e. The van der Waals surface area contributed by atoms with Crippen LogP contribution in [0.1, 0.15) is 53.0 Å². The van der Waals surface area contributed by atoms with Crippen molar-refractivity contribution in [1.82, 2.24) is 10.6 Å². The number of carbonyl (C=O) groups excluding carboxylic acids is 2. The number of aliphatic carboxylic acids is 1. The molecular formula is C22H26N2O5. The Bertz CT molecular complexity index is 829. The normalized spacial score (nSPS) is 10.4. The molecule has 0 radical (unpaired) electrons. The van der Waals surface area contributed by atoms with Gasteiger partial charge < -0.3 is 20.5 Å². The van der Waals surface area contributed by atoms with Crippen molar-refractivity contribution in [1.29, 1.82) is 0 Å². The molecule has 2 aromatic carbocycles. The van der Waals surface area contributed by atoms with Crippen molar-refractivity contribution in [3.63, 3.8) is 0 Å². The van der Waals surface area contributed by atoms with E-state index < -0.39 is 5.97 Å². The van der Waals surface area contributed by atoms with Gasteiger partial charge in [-0.1, -0.05) is 12.1 Å². The van der Waals surface area contributed by atoms with E-state index in [-0.39, 0.29) is 24.3 Å². The van der Waals surface area contributed by atoms with E-state index in [1.54, 1.807) is 36.4 Å². The lowest BCUT2D eigenvalue weighted by Crippen LogP contribution is -2.30. The summed E-state index contributed by atoms with van der Waals surface area (Å²) in [7, 11) is 0. The minimum absolute atomic E-state index is 0.0482. The number of carboxylic acid groups (broad SMARTS) is 1. The van der Waals surface area contributed by atoms with Crippen molar-refractivity contribution >= 4 is 17.8 Å². The first-order chi connectivity index (χ1) is 13.8. The lowest BCUT2D eigenvalue weighted by atomic mass is 10.1. The van der Waals surface area contributed by atoms with Crippen molar-refractivity contribution in [3.8, 4) is 5.75 Å². The molecule has 29 heavy (non-hydrogen) atoms. The number of carboxylic acids is 1. The number of amides is 2. The Balaban J connectivity index is 1.81. The fraction of sp³-hybridized carbons (Fsp3) is 0.318. The summed E-state index contributed by atoms with van der Waals surface area (Å²) in [4.78, 5) is 34.7. The second kappa shape index (κ2) is 10.8. The van der Waals surface area contributed by atoms with E-state index >= 15 is 0 Å². The fourth-order valence-electron chi connectivity index (χ4n) is 2.52. The number of ether oxygens (including phenoxy) is 1. The molecule has 3 N–H and O–H groups in total. The Hall–Kier alpha value is -3.35. The number of rotatable bonds is 10. The quantitative estimate of drug-likeness (QED) is 0.534. The van der Waals surface area contributed by atoms with Crippen LogP contribution < -0.4 is 15.4 Å². The molecule has 0 heterocycles. The molecule has 0 saturated carbocycles. The highest BCUT2D eigenvalue weighted by Gasteiger charge is 2.09. The topological polar surface area (TPSA) is 105 Å². The molecule has 7 heteroatoms. The maximum atomic E-state index is 12.3. The van der Waals surface area contributed by atoms with E-state index in [0.29, 0.717) is 36.4 Å². The molecule has 0 aliphatic heterocycles. The predicted octanol–water partition coefficient (Wildman–Crippen LogP) is 3.00. The first-order valence-electron chi connectivity index (χ1n) is 9.48. The van der Waals surface area contributed by atoms with Crippen LogP contribution in [-0.2, 0) is 11.3 Å². The van der Waals surface area contributed by atoms with Gasteiger partial charge in [0.1, 0.15) is 5.75 Å². The highest BCUT2D eigenvalue weighted by molar-refractivity contribution is 5.97. The Morgan fingerprint density at radius 1 is 0.931 bits per heavy atom. The molecule has 0 unspecified atom stereocenters. The second-order valence-corrected chi connectivity index (χ2v) is 6.88. The third kappa shape index (κ3) is 7.65. The van der Waals surface area contributed by atoms with Crippen LogP contribution in [0.5, 0.6) is 5.75 Å². The molecule has 2 aromatic rings. The minimum atomic E-state index is -0.840. The van der Waals surface area contributed by atoms with Gasteiger partial charge in [-0.15, -0.1) is 0 Å². The van der Waals surface area contributed by atoms with Gasteiger partial charge in [0.25, 0.3) is 11.8 Å². The van der Waals surface area contributed by atoms with Gasteiger partial charge in [0.15, 0.2) is 0 Å². The number of carbonyl (C=O) groups is 3. The van der Waals surface area contributed by atoms with E-state index in [4.69, 9.17) is 9.84 Å². The van der Waals surface area contributed by atoms with Crippen LogP contribution in [0.25, 0.3) is 0 Å². The maximum absolute atomic E-state index is 12.3. The first kappa shape index (κ1) is 21.9. The third-order valence-corrected chi connectivity index (χ3v) is 4.01. The number of benzene rings is 2. The zero-order valence-corrected chi connectivity index (χ0v) is 16.6. The standard InChI is InChI=1S/C22H26N2O5/c1-15(2)24-22(28)18-9-7-17(8-10-18)21(27)23-14-16-5-11-19(12-6-16)29-13-3-4-20(25)26/h5-12,15H,3-4,13-14H2,1-2H3,(H,23,27)(H,24,28)(H,25,26). The number of hydrogen-bond acceptors (Lipinski definition) is 4. The predicted molar refractivity (Wildman–Crippen MR) is 109 cm³/mol. The molecule has 0 atom stereocenters. The molecule has 0 bridgehead atoms. The Kier molecular flexibility index (Phi) is 8.21. The molecule has 0 saturated heterocycles. The highest BCUT2D eigenvalue weighted by Crippen LogP contribution is 2.13. The summed E-state index contributed by atoms with van der Waals surface area (Å²) in [5.41, 5.74) is 1.89. The largest absolute Gasteiger partial charge is 0.494 e. The zero-order valence-electron chi connectivity index (χ0n) is 16.6. The van der Waals surface area contributed by atoms with Crippen LogP contribution in [0, 0.1) is 0 Å². The summed E-state index contributed by atoms with van der Waals surface area (Å²) in [6, 6.07) is 13.8. The van der Waals surface area contributed by atoms with E-state index in [1.807, 2.05) is 26.0 Å². The van der Waals surface area contributed by atoms with Gasteiger partial charge in [-0.05, 0) is 62.2 Å². The molecule has 0 aliphatic carbocycles. The molecule has 0 aromatic heterocycles. The molecule has 0 fully saturated rings. The van der Waals surface area contributed by atoms with Gasteiger partial charge in [0.2, 0.25) is 0 Å². The molecular weight excluding hydrogens is 372 g/mol. The zero-order chi connectivity index (χ0) is 21.2. The Labute approximate surface area is 170 Å². The van der Waals surface area contributed by atoms with Crippen molar-refractivity contribution in [2.45, 2.75) is 39.3 Å². The summed E-state index contributed by atoms with van der Waals surface area (Å²) in [5, 5.41) is 14.2. The summed E-state index contributed by atoms with van der Waals surface area (Å²) in [5.74, 6) is -0.582. The Morgan fingerprint density at radius 2 is 1.52 bits per heavy atom.